The van der Waals surface area contributed by atoms with Crippen LogP contribution in [0.3, 0.4) is 0 Å². The van der Waals surface area contributed by atoms with Crippen LogP contribution in [0.4, 0.5) is 0 Å². The molecule has 0 spiro atoms. The van der Waals surface area contributed by atoms with Gasteiger partial charge in [0.25, 0.3) is 0 Å². The Morgan fingerprint density at radius 3 is 2.18 bits per heavy atom. The molecule has 0 amide bonds. The van der Waals surface area contributed by atoms with Crippen LogP contribution >= 0.6 is 0 Å². The molecule has 2 aromatic rings. The number of carbonyl (C=O) groups excluding carboxylic acids is 1. The average Bonchev–Trinajstić information content (AvgIpc) is 2.40. The smallest absolute Gasteiger partial charge is 0.186 e. The van der Waals surface area contributed by atoms with Crippen molar-refractivity contribution in [1.82, 2.24) is 9.97 Å². The van der Waals surface area contributed by atoms with Crippen LogP contribution in [-0.2, 0) is 0 Å². The van der Waals surface area contributed by atoms with Gasteiger partial charge in [0.15, 0.2) is 5.78 Å². The van der Waals surface area contributed by atoms with Gasteiger partial charge in [0.1, 0.15) is 0 Å². The Kier molecular flexibility index (Phi) is 3.25. The Hall–Kier alpha value is -2.49. The minimum Gasteiger partial charge on any atom is -0.872 e. The van der Waals surface area contributed by atoms with Crippen LogP contribution in [0.25, 0.3) is 5.76 Å². The zero-order chi connectivity index (χ0) is 12.1. The molecule has 84 valence electrons. The molecule has 0 saturated heterocycles. The van der Waals surface area contributed by atoms with Gasteiger partial charge in [-0.15, -0.1) is 0 Å². The van der Waals surface area contributed by atoms with Gasteiger partial charge in [-0.05, 0) is 29.8 Å². The van der Waals surface area contributed by atoms with E-state index in [2.05, 4.69) is 9.97 Å². The van der Waals surface area contributed by atoms with Crippen molar-refractivity contribution < 1.29 is 9.90 Å². The van der Waals surface area contributed by atoms with Gasteiger partial charge < -0.3 is 5.11 Å². The summed E-state index contributed by atoms with van der Waals surface area (Å²) in [7, 11) is 0. The van der Waals surface area contributed by atoms with E-state index in [0.717, 1.165) is 6.08 Å². The lowest BCUT2D eigenvalue weighted by molar-refractivity contribution is -0.243. The maximum atomic E-state index is 11.7. The Labute approximate surface area is 98.3 Å². The molecular weight excluding hydrogens is 216 g/mol. The molecule has 4 nitrogen and oxygen atoms in total. The van der Waals surface area contributed by atoms with Gasteiger partial charge in [-0.2, -0.15) is 0 Å². The fourth-order valence-electron chi connectivity index (χ4n) is 1.30. The predicted molar refractivity (Wildman–Crippen MR) is 60.8 cm³/mol. The number of rotatable bonds is 3. The zero-order valence-corrected chi connectivity index (χ0v) is 8.91. The first-order chi connectivity index (χ1) is 8.27. The van der Waals surface area contributed by atoms with Gasteiger partial charge in [-0.3, -0.25) is 14.8 Å². The van der Waals surface area contributed by atoms with E-state index in [1.165, 1.54) is 12.4 Å². The van der Waals surface area contributed by atoms with E-state index in [1.54, 1.807) is 36.7 Å². The van der Waals surface area contributed by atoms with E-state index < -0.39 is 0 Å². The molecule has 0 aliphatic heterocycles. The molecule has 4 heteroatoms. The van der Waals surface area contributed by atoms with E-state index >= 15 is 0 Å². The Morgan fingerprint density at radius 2 is 1.65 bits per heavy atom. The molecule has 0 aromatic carbocycles. The monoisotopic (exact) mass is 225 g/mol. The second-order valence-corrected chi connectivity index (χ2v) is 3.36. The van der Waals surface area contributed by atoms with E-state index in [1.807, 2.05) is 0 Å². The van der Waals surface area contributed by atoms with Crippen LogP contribution in [0.15, 0.2) is 55.1 Å². The van der Waals surface area contributed by atoms with Crippen molar-refractivity contribution in [1.29, 1.82) is 0 Å². The van der Waals surface area contributed by atoms with Gasteiger partial charge in [-0.25, -0.2) is 0 Å². The highest BCUT2D eigenvalue weighted by Crippen LogP contribution is 2.08. The fraction of sp³-hybridized carbons (Fsp3) is 0. The summed E-state index contributed by atoms with van der Waals surface area (Å²) in [5, 5.41) is 11.7. The number of carbonyl (C=O) groups is 1. The third-order valence-corrected chi connectivity index (χ3v) is 2.15. The highest BCUT2D eigenvalue weighted by Gasteiger charge is 2.01. The van der Waals surface area contributed by atoms with Gasteiger partial charge in [0.05, 0.1) is 0 Å². The van der Waals surface area contributed by atoms with Gasteiger partial charge in [0.2, 0.25) is 0 Å². The minimum atomic E-state index is -0.355. The number of aromatic nitrogens is 2. The molecule has 0 atom stereocenters. The summed E-state index contributed by atoms with van der Waals surface area (Å²) < 4.78 is 0. The molecule has 2 heterocycles. The molecule has 2 rings (SSSR count). The van der Waals surface area contributed by atoms with Gasteiger partial charge in [0, 0.05) is 30.4 Å². The summed E-state index contributed by atoms with van der Waals surface area (Å²) in [6.07, 6.45) is 7.04. The second-order valence-electron chi connectivity index (χ2n) is 3.36. The molecule has 2 aromatic heterocycles. The Bertz CT molecular complexity index is 536. The number of pyridine rings is 2. The maximum Gasteiger partial charge on any atom is 0.186 e. The molecule has 0 aliphatic rings. The van der Waals surface area contributed by atoms with Crippen LogP contribution in [0, 0.1) is 0 Å². The lowest BCUT2D eigenvalue weighted by Crippen LogP contribution is -2.06. The SMILES string of the molecule is O=C(/C=C(\[O-])c1cccnc1)c1cccnc1. The molecule has 0 radical (unpaired) electrons. The maximum absolute atomic E-state index is 11.7. The Balaban J connectivity index is 2.24. The van der Waals surface area contributed by atoms with Crippen LogP contribution < -0.4 is 5.11 Å². The molecule has 0 saturated carbocycles. The molecule has 0 unspecified atom stereocenters. The average molecular weight is 225 g/mol. The number of hydrogen-bond acceptors (Lipinski definition) is 4. The lowest BCUT2D eigenvalue weighted by atomic mass is 10.1. The summed E-state index contributed by atoms with van der Waals surface area (Å²) in [6.45, 7) is 0. The second kappa shape index (κ2) is 5.03. The van der Waals surface area contributed by atoms with Gasteiger partial charge in [-0.1, -0.05) is 11.8 Å². The van der Waals surface area contributed by atoms with Crippen LogP contribution in [0.2, 0.25) is 0 Å². The van der Waals surface area contributed by atoms with E-state index in [0.29, 0.717) is 11.1 Å². The van der Waals surface area contributed by atoms with Crippen LogP contribution in [0.1, 0.15) is 15.9 Å². The van der Waals surface area contributed by atoms with Crippen molar-refractivity contribution in [3.05, 3.63) is 66.3 Å². The largest absolute Gasteiger partial charge is 0.872 e. The summed E-state index contributed by atoms with van der Waals surface area (Å²) >= 11 is 0. The van der Waals surface area contributed by atoms with Crippen molar-refractivity contribution >= 4 is 11.5 Å². The summed E-state index contributed by atoms with van der Waals surface area (Å²) in [5.74, 6) is -0.709. The lowest BCUT2D eigenvalue weighted by Gasteiger charge is -2.10. The highest BCUT2D eigenvalue weighted by atomic mass is 16.3. The summed E-state index contributed by atoms with van der Waals surface area (Å²) in [6, 6.07) is 6.52. The standard InChI is InChI=1S/C13H10N2O2/c16-12(10-3-1-5-14-8-10)7-13(17)11-4-2-6-15-9-11/h1-9,16H/p-1/b12-7-. The fourth-order valence-corrected chi connectivity index (χ4v) is 1.30. The number of nitrogens with zero attached hydrogens (tertiary/aromatic N) is 2. The van der Waals surface area contributed by atoms with Gasteiger partial charge >= 0.3 is 0 Å². The minimum absolute atomic E-state index is 0.355. The quantitative estimate of drug-likeness (QED) is 0.445. The molecule has 0 fully saturated rings. The van der Waals surface area contributed by atoms with Crippen LogP contribution in [0.5, 0.6) is 0 Å². The summed E-state index contributed by atoms with van der Waals surface area (Å²) in [4.78, 5) is 19.3. The van der Waals surface area contributed by atoms with Crippen molar-refractivity contribution in [2.75, 3.05) is 0 Å². The van der Waals surface area contributed by atoms with Crippen molar-refractivity contribution in [2.45, 2.75) is 0 Å². The number of allylic oxidation sites excluding steroid dienone is 1. The molecule has 0 N–H and O–H groups in total. The first kappa shape index (κ1) is 11.0. The molecule has 17 heavy (non-hydrogen) atoms. The van der Waals surface area contributed by atoms with E-state index in [4.69, 9.17) is 0 Å². The van der Waals surface area contributed by atoms with Crippen LogP contribution in [-0.4, -0.2) is 15.8 Å². The number of ketones is 1. The van der Waals surface area contributed by atoms with E-state index in [9.17, 15) is 9.90 Å². The summed E-state index contributed by atoms with van der Waals surface area (Å²) in [5.41, 5.74) is 0.787. The zero-order valence-electron chi connectivity index (χ0n) is 8.91. The third kappa shape index (κ3) is 2.75. The van der Waals surface area contributed by atoms with E-state index in [-0.39, 0.29) is 11.5 Å². The molecular formula is C13H9N2O2-. The molecule has 0 bridgehead atoms. The third-order valence-electron chi connectivity index (χ3n) is 2.15. The number of hydrogen-bond donors (Lipinski definition) is 0. The first-order valence-electron chi connectivity index (χ1n) is 5.01. The normalized spacial score (nSPS) is 11.2. The first-order valence-corrected chi connectivity index (χ1v) is 5.01. The van der Waals surface area contributed by atoms with Crippen molar-refractivity contribution in [3.63, 3.8) is 0 Å². The molecule has 0 aliphatic carbocycles. The van der Waals surface area contributed by atoms with Crippen molar-refractivity contribution in [2.24, 2.45) is 0 Å². The Morgan fingerprint density at radius 1 is 1.06 bits per heavy atom. The topological polar surface area (TPSA) is 65.9 Å². The van der Waals surface area contributed by atoms with Crippen molar-refractivity contribution in [3.8, 4) is 0 Å². The predicted octanol–water partition coefficient (Wildman–Crippen LogP) is 1.06. The highest BCUT2D eigenvalue weighted by molar-refractivity contribution is 6.07.